The van der Waals surface area contributed by atoms with Crippen molar-refractivity contribution in [3.05, 3.63) is 164 Å². The predicted octanol–water partition coefficient (Wildman–Crippen LogP) is 4.50. The van der Waals surface area contributed by atoms with Crippen LogP contribution in [0.25, 0.3) is 106 Å². The molecule has 0 saturated heterocycles. The van der Waals surface area contributed by atoms with Crippen molar-refractivity contribution in [2.45, 2.75) is 0 Å². The topological polar surface area (TPSA) is 56.7 Å². The molecule has 11 aromatic rings. The first-order valence-electron chi connectivity index (χ1n) is 20.9. The van der Waals surface area contributed by atoms with Gasteiger partial charge in [0, 0.05) is 38.4 Å². The van der Waals surface area contributed by atoms with Crippen LogP contribution < -0.4 is 27.3 Å². The highest BCUT2D eigenvalue weighted by Crippen LogP contribution is 2.39. The van der Waals surface area contributed by atoms with Gasteiger partial charge in [-0.05, 0) is 76.9 Å². The minimum atomic E-state index is 0.564. The Balaban J connectivity index is 1.04. The summed E-state index contributed by atoms with van der Waals surface area (Å²) in [4.78, 5) is 15.4. The number of nitrogens with zero attached hydrogens (tertiary/aromatic N) is 4. The van der Waals surface area contributed by atoms with Crippen molar-refractivity contribution in [2.75, 3.05) is 0 Å². The molecular weight excluding hydrogens is 739 g/mol. The van der Waals surface area contributed by atoms with Crippen LogP contribution in [-0.4, -0.2) is 58.8 Å². The molecule has 0 unspecified atom stereocenters. The molecule has 0 aliphatic heterocycles. The minimum absolute atomic E-state index is 0.564. The molecule has 0 aliphatic rings. The van der Waals surface area contributed by atoms with E-state index in [0.29, 0.717) is 17.5 Å². The van der Waals surface area contributed by atoms with Crippen LogP contribution >= 0.6 is 0 Å². The van der Waals surface area contributed by atoms with E-state index in [1.54, 1.807) is 0 Å². The van der Waals surface area contributed by atoms with E-state index in [9.17, 15) is 0 Å². The van der Waals surface area contributed by atoms with Gasteiger partial charge >= 0.3 is 0 Å². The third-order valence-corrected chi connectivity index (χ3v) is 12.8. The summed E-state index contributed by atoms with van der Waals surface area (Å²) in [5.74, 6) is 1.79. The summed E-state index contributed by atoms with van der Waals surface area (Å²) in [5, 5.41) is 4.50. The Morgan fingerprint density at radius 1 is 0.377 bits per heavy atom. The highest BCUT2D eigenvalue weighted by Gasteiger charge is 2.20. The SMILES string of the molecule is Bc1c(B)c(B)c(-c2cccc(-c3nc(-c4ccccc4)nc(-c4cccc5c4oc4ccc(-c6ccc7c(c6)c6ccccc6n7-c6ccccc6)cc45)n3)c2)c(B)c1B. The molecule has 282 valence electrons. The van der Waals surface area contributed by atoms with Gasteiger partial charge in [0.15, 0.2) is 17.5 Å². The highest BCUT2D eigenvalue weighted by atomic mass is 16.3. The summed E-state index contributed by atoms with van der Waals surface area (Å²) in [6.07, 6.45) is 0. The maximum atomic E-state index is 6.73. The average Bonchev–Trinajstić information content (AvgIpc) is 3.86. The molecular formula is C51H37B5N4O. The maximum Gasteiger partial charge on any atom is 0.167 e. The molecule has 0 atom stereocenters. The van der Waals surface area contributed by atoms with Gasteiger partial charge in [0.05, 0.1) is 16.6 Å². The first kappa shape index (κ1) is 36.8. The zero-order chi connectivity index (χ0) is 41.4. The van der Waals surface area contributed by atoms with E-state index in [1.165, 1.54) is 54.7 Å². The number of rotatable bonds is 6. The molecule has 0 N–H and O–H groups in total. The number of fused-ring (bicyclic) bond motifs is 6. The number of benzene rings is 8. The molecule has 11 rings (SSSR count). The predicted molar refractivity (Wildman–Crippen MR) is 270 cm³/mol. The molecule has 0 spiro atoms. The number of hydrogen-bond acceptors (Lipinski definition) is 4. The Labute approximate surface area is 358 Å². The van der Waals surface area contributed by atoms with Crippen LogP contribution in [-0.2, 0) is 0 Å². The van der Waals surface area contributed by atoms with Crippen molar-refractivity contribution in [2.24, 2.45) is 0 Å². The van der Waals surface area contributed by atoms with Crippen molar-refractivity contribution in [3.8, 4) is 62.1 Å². The van der Waals surface area contributed by atoms with E-state index < -0.39 is 0 Å². The van der Waals surface area contributed by atoms with Crippen LogP contribution in [0.15, 0.2) is 168 Å². The van der Waals surface area contributed by atoms with E-state index >= 15 is 0 Å². The summed E-state index contributed by atoms with van der Waals surface area (Å²) in [5.41, 5.74) is 19.1. The Hall–Kier alpha value is -7.31. The lowest BCUT2D eigenvalue weighted by Gasteiger charge is -2.20. The van der Waals surface area contributed by atoms with Crippen LogP contribution in [0.5, 0.6) is 0 Å². The van der Waals surface area contributed by atoms with Gasteiger partial charge < -0.3 is 8.98 Å². The smallest absolute Gasteiger partial charge is 0.167 e. The number of aromatic nitrogens is 4. The van der Waals surface area contributed by atoms with E-state index in [0.717, 1.165) is 61.0 Å². The molecule has 3 aromatic heterocycles. The normalized spacial score (nSPS) is 11.6. The molecule has 3 heterocycles. The second kappa shape index (κ2) is 14.5. The van der Waals surface area contributed by atoms with Gasteiger partial charge in [-0.15, -0.1) is 16.4 Å². The van der Waals surface area contributed by atoms with Crippen LogP contribution in [0, 0.1) is 0 Å². The standard InChI is InChI=1S/C51H37B5N4O/c52-43-42(44(53)46(55)47(56)45(43)54)31-13-9-14-32(25-31)50-57-49(28-11-3-1-4-12-28)58-51(59-50)36-19-10-18-35-38-27-30(22-24-41(38)61-48(35)36)29-21-23-40-37(26-29)34-17-7-8-20-39(34)60(40)33-15-5-2-6-16-33/h1-27H,52-56H2. The van der Waals surface area contributed by atoms with E-state index in [-0.39, 0.29) is 0 Å². The molecule has 0 aliphatic carbocycles. The largest absolute Gasteiger partial charge is 0.455 e. The number of furan rings is 1. The van der Waals surface area contributed by atoms with Gasteiger partial charge in [-0.3, -0.25) is 0 Å². The highest BCUT2D eigenvalue weighted by molar-refractivity contribution is 6.68. The number of para-hydroxylation sites is 3. The fourth-order valence-corrected chi connectivity index (χ4v) is 9.25. The zero-order valence-corrected chi connectivity index (χ0v) is 34.8. The van der Waals surface area contributed by atoms with Gasteiger partial charge in [-0.2, -0.15) is 0 Å². The van der Waals surface area contributed by atoms with E-state index in [1.807, 2.05) is 30.3 Å². The van der Waals surface area contributed by atoms with Gasteiger partial charge in [0.1, 0.15) is 50.4 Å². The Bertz CT molecular complexity index is 3520. The summed E-state index contributed by atoms with van der Waals surface area (Å²) >= 11 is 0. The molecule has 0 saturated carbocycles. The molecule has 5 nitrogen and oxygen atoms in total. The lowest BCUT2D eigenvalue weighted by molar-refractivity contribution is 0.669. The van der Waals surface area contributed by atoms with Crippen molar-refractivity contribution in [1.29, 1.82) is 0 Å². The molecule has 0 amide bonds. The molecule has 0 bridgehead atoms. The molecule has 8 aromatic carbocycles. The summed E-state index contributed by atoms with van der Waals surface area (Å²) in [7, 11) is 11.1. The molecule has 10 heteroatoms. The Morgan fingerprint density at radius 3 is 1.70 bits per heavy atom. The molecule has 0 radical (unpaired) electrons. The number of hydrogen-bond donors (Lipinski definition) is 0. The third kappa shape index (κ3) is 6.04. The fourth-order valence-electron chi connectivity index (χ4n) is 9.25. The first-order valence-corrected chi connectivity index (χ1v) is 20.9. The van der Waals surface area contributed by atoms with Crippen molar-refractivity contribution < 1.29 is 4.42 Å². The Morgan fingerprint density at radius 2 is 0.934 bits per heavy atom. The van der Waals surface area contributed by atoms with Crippen LogP contribution in [0.2, 0.25) is 0 Å². The quantitative estimate of drug-likeness (QED) is 0.234. The first-order chi connectivity index (χ1) is 29.8. The second-order valence-corrected chi connectivity index (χ2v) is 16.2. The van der Waals surface area contributed by atoms with Crippen LogP contribution in [0.3, 0.4) is 0 Å². The maximum absolute atomic E-state index is 6.73. The van der Waals surface area contributed by atoms with Crippen molar-refractivity contribution in [3.63, 3.8) is 0 Å². The summed E-state index contributed by atoms with van der Waals surface area (Å²) in [6.45, 7) is 0. The third-order valence-electron chi connectivity index (χ3n) is 12.8. The average molecular weight is 776 g/mol. The summed E-state index contributed by atoms with van der Waals surface area (Å²) < 4.78 is 9.08. The lowest BCUT2D eigenvalue weighted by atomic mass is 9.59. The van der Waals surface area contributed by atoms with Crippen LogP contribution in [0.4, 0.5) is 0 Å². The lowest BCUT2D eigenvalue weighted by Crippen LogP contribution is -2.55. The molecule has 61 heavy (non-hydrogen) atoms. The van der Waals surface area contributed by atoms with Gasteiger partial charge in [-0.1, -0.05) is 120 Å². The fraction of sp³-hybridized carbons (Fsp3) is 0. The zero-order valence-electron chi connectivity index (χ0n) is 34.8. The van der Waals surface area contributed by atoms with Gasteiger partial charge in [-0.25, -0.2) is 15.0 Å². The van der Waals surface area contributed by atoms with Crippen molar-refractivity contribution in [1.82, 2.24) is 19.5 Å². The minimum Gasteiger partial charge on any atom is -0.455 e. The molecule has 0 fully saturated rings. The van der Waals surface area contributed by atoms with Crippen molar-refractivity contribution >= 4 is 110 Å². The second-order valence-electron chi connectivity index (χ2n) is 16.2. The Kier molecular flexibility index (Phi) is 8.71. The van der Waals surface area contributed by atoms with E-state index in [4.69, 9.17) is 19.4 Å². The van der Waals surface area contributed by atoms with Crippen LogP contribution in [0.1, 0.15) is 0 Å². The monoisotopic (exact) mass is 776 g/mol. The summed E-state index contributed by atoms with van der Waals surface area (Å²) in [6, 6.07) is 57.5. The van der Waals surface area contributed by atoms with Gasteiger partial charge in [0.25, 0.3) is 0 Å². The van der Waals surface area contributed by atoms with E-state index in [2.05, 4.69) is 177 Å². The van der Waals surface area contributed by atoms with Gasteiger partial charge in [0.2, 0.25) is 0 Å².